The Morgan fingerprint density at radius 1 is 1.57 bits per heavy atom. The van der Waals surface area contributed by atoms with Crippen molar-refractivity contribution >= 4 is 5.91 Å². The van der Waals surface area contributed by atoms with E-state index in [9.17, 15) is 4.79 Å². The quantitative estimate of drug-likeness (QED) is 0.605. The van der Waals surface area contributed by atoms with Crippen LogP contribution in [0.2, 0.25) is 0 Å². The zero-order chi connectivity index (χ0) is 10.6. The smallest absolute Gasteiger partial charge is 0.235 e. The van der Waals surface area contributed by atoms with Crippen LogP contribution in [0.5, 0.6) is 0 Å². The van der Waals surface area contributed by atoms with Gasteiger partial charge in [-0.1, -0.05) is 0 Å². The molecule has 1 heterocycles. The highest BCUT2D eigenvalue weighted by molar-refractivity contribution is 5.79. The molecule has 1 atom stereocenters. The van der Waals surface area contributed by atoms with Gasteiger partial charge in [-0.3, -0.25) is 4.79 Å². The van der Waals surface area contributed by atoms with Crippen LogP contribution in [-0.4, -0.2) is 49.7 Å². The van der Waals surface area contributed by atoms with Crippen LogP contribution in [0.25, 0.3) is 0 Å². The molecule has 1 fully saturated rings. The third kappa shape index (κ3) is 3.25. The summed E-state index contributed by atoms with van der Waals surface area (Å²) in [5.41, 5.74) is 10.7. The Morgan fingerprint density at radius 3 is 2.64 bits per heavy atom. The molecule has 1 amide bonds. The van der Waals surface area contributed by atoms with Crippen molar-refractivity contribution in [1.29, 1.82) is 0 Å². The number of carbonyl (C=O) groups excluding carboxylic acids is 1. The number of carbonyl (C=O) groups is 1. The molecule has 0 aliphatic carbocycles. The Labute approximate surface area is 84.4 Å². The molecule has 1 saturated heterocycles. The SMILES string of the molecule is CN(CC(N)C(N)=O)C1CCOCC1. The van der Waals surface area contributed by atoms with Gasteiger partial charge in [0.15, 0.2) is 0 Å². The van der Waals surface area contributed by atoms with Crippen LogP contribution < -0.4 is 11.5 Å². The van der Waals surface area contributed by atoms with Gasteiger partial charge in [0.1, 0.15) is 0 Å². The Balaban J connectivity index is 2.32. The molecule has 0 bridgehead atoms. The Morgan fingerprint density at radius 2 is 2.14 bits per heavy atom. The summed E-state index contributed by atoms with van der Waals surface area (Å²) in [5.74, 6) is -0.441. The highest BCUT2D eigenvalue weighted by Crippen LogP contribution is 2.12. The van der Waals surface area contributed by atoms with E-state index in [0.717, 1.165) is 26.1 Å². The highest BCUT2D eigenvalue weighted by Gasteiger charge is 2.21. The minimum absolute atomic E-state index is 0.441. The lowest BCUT2D eigenvalue weighted by molar-refractivity contribution is -0.119. The summed E-state index contributed by atoms with van der Waals surface area (Å²) in [7, 11) is 1.97. The maximum absolute atomic E-state index is 10.8. The van der Waals surface area contributed by atoms with Gasteiger partial charge in [0.2, 0.25) is 5.91 Å². The molecule has 0 aromatic heterocycles. The van der Waals surface area contributed by atoms with Gasteiger partial charge >= 0.3 is 0 Å². The molecule has 4 N–H and O–H groups in total. The summed E-state index contributed by atoms with van der Waals surface area (Å²) in [4.78, 5) is 12.9. The molecular weight excluding hydrogens is 182 g/mol. The predicted molar refractivity (Wildman–Crippen MR) is 53.6 cm³/mol. The fourth-order valence-electron chi connectivity index (χ4n) is 1.68. The van der Waals surface area contributed by atoms with E-state index in [4.69, 9.17) is 16.2 Å². The number of nitrogens with zero attached hydrogens (tertiary/aromatic N) is 1. The number of amides is 1. The average Bonchev–Trinajstić information content (AvgIpc) is 2.19. The number of hydrogen-bond donors (Lipinski definition) is 2. The van der Waals surface area contributed by atoms with Crippen molar-refractivity contribution in [2.75, 3.05) is 26.8 Å². The first kappa shape index (κ1) is 11.4. The van der Waals surface area contributed by atoms with Crippen LogP contribution >= 0.6 is 0 Å². The minimum atomic E-state index is -0.567. The monoisotopic (exact) mass is 201 g/mol. The van der Waals surface area contributed by atoms with Gasteiger partial charge in [-0.05, 0) is 19.9 Å². The number of hydrogen-bond acceptors (Lipinski definition) is 4. The van der Waals surface area contributed by atoms with Gasteiger partial charge in [0, 0.05) is 25.8 Å². The first-order valence-electron chi connectivity index (χ1n) is 4.94. The molecular formula is C9H19N3O2. The minimum Gasteiger partial charge on any atom is -0.381 e. The molecule has 0 aromatic carbocycles. The van der Waals surface area contributed by atoms with Crippen LogP contribution in [0.4, 0.5) is 0 Å². The maximum atomic E-state index is 10.8. The maximum Gasteiger partial charge on any atom is 0.235 e. The number of ether oxygens (including phenoxy) is 1. The Bertz CT molecular complexity index is 192. The normalized spacial score (nSPS) is 21.1. The van der Waals surface area contributed by atoms with E-state index < -0.39 is 11.9 Å². The van der Waals surface area contributed by atoms with Gasteiger partial charge in [-0.25, -0.2) is 0 Å². The lowest BCUT2D eigenvalue weighted by Crippen LogP contribution is -2.48. The number of primary amides is 1. The van der Waals surface area contributed by atoms with E-state index in [2.05, 4.69) is 4.90 Å². The van der Waals surface area contributed by atoms with Crippen LogP contribution in [-0.2, 0) is 9.53 Å². The molecule has 82 valence electrons. The molecule has 5 nitrogen and oxygen atoms in total. The fourth-order valence-corrected chi connectivity index (χ4v) is 1.68. The molecule has 0 radical (unpaired) electrons. The van der Waals surface area contributed by atoms with Gasteiger partial charge in [0.05, 0.1) is 6.04 Å². The summed E-state index contributed by atoms with van der Waals surface area (Å²) < 4.78 is 5.25. The highest BCUT2D eigenvalue weighted by atomic mass is 16.5. The number of likely N-dealkylation sites (N-methyl/N-ethyl adjacent to an activating group) is 1. The molecule has 1 aliphatic rings. The van der Waals surface area contributed by atoms with E-state index in [1.165, 1.54) is 0 Å². The zero-order valence-corrected chi connectivity index (χ0v) is 8.61. The van der Waals surface area contributed by atoms with Crippen molar-refractivity contribution in [3.8, 4) is 0 Å². The van der Waals surface area contributed by atoms with Crippen molar-refractivity contribution in [2.24, 2.45) is 11.5 Å². The molecule has 1 unspecified atom stereocenters. The van der Waals surface area contributed by atoms with Gasteiger partial charge in [-0.15, -0.1) is 0 Å². The molecule has 0 aromatic rings. The van der Waals surface area contributed by atoms with E-state index >= 15 is 0 Å². The number of nitrogens with two attached hydrogens (primary N) is 2. The summed E-state index contributed by atoms with van der Waals surface area (Å²) in [5, 5.41) is 0. The summed E-state index contributed by atoms with van der Waals surface area (Å²) in [6, 6.07) is -0.100. The second-order valence-corrected chi connectivity index (χ2v) is 3.79. The van der Waals surface area contributed by atoms with E-state index in [0.29, 0.717) is 12.6 Å². The topological polar surface area (TPSA) is 81.6 Å². The molecule has 0 spiro atoms. The molecule has 1 aliphatic heterocycles. The van der Waals surface area contributed by atoms with Crippen molar-refractivity contribution in [1.82, 2.24) is 4.90 Å². The second-order valence-electron chi connectivity index (χ2n) is 3.79. The van der Waals surface area contributed by atoms with Crippen LogP contribution in [0.3, 0.4) is 0 Å². The molecule has 0 saturated carbocycles. The van der Waals surface area contributed by atoms with E-state index in [-0.39, 0.29) is 0 Å². The van der Waals surface area contributed by atoms with Crippen LogP contribution in [0.1, 0.15) is 12.8 Å². The molecule has 5 heteroatoms. The van der Waals surface area contributed by atoms with Gasteiger partial charge < -0.3 is 21.1 Å². The van der Waals surface area contributed by atoms with Crippen molar-refractivity contribution in [3.63, 3.8) is 0 Å². The summed E-state index contributed by atoms with van der Waals surface area (Å²) >= 11 is 0. The first-order chi connectivity index (χ1) is 6.61. The first-order valence-corrected chi connectivity index (χ1v) is 4.94. The number of rotatable bonds is 4. The molecule has 14 heavy (non-hydrogen) atoms. The zero-order valence-electron chi connectivity index (χ0n) is 8.61. The van der Waals surface area contributed by atoms with Crippen molar-refractivity contribution in [2.45, 2.75) is 24.9 Å². The van der Waals surface area contributed by atoms with Gasteiger partial charge in [-0.2, -0.15) is 0 Å². The lowest BCUT2D eigenvalue weighted by Gasteiger charge is -2.32. The standard InChI is InChI=1S/C9H19N3O2/c1-12(6-8(10)9(11)13)7-2-4-14-5-3-7/h7-8H,2-6,10H2,1H3,(H2,11,13). The Hall–Kier alpha value is -0.650. The average molecular weight is 201 g/mol. The summed E-state index contributed by atoms with van der Waals surface area (Å²) in [6.07, 6.45) is 2.00. The Kier molecular flexibility index (Phi) is 4.31. The predicted octanol–water partition coefficient (Wildman–Crippen LogP) is -1.09. The third-order valence-electron chi connectivity index (χ3n) is 2.66. The van der Waals surface area contributed by atoms with E-state index in [1.54, 1.807) is 0 Å². The van der Waals surface area contributed by atoms with E-state index in [1.807, 2.05) is 7.05 Å². The van der Waals surface area contributed by atoms with Crippen LogP contribution in [0, 0.1) is 0 Å². The van der Waals surface area contributed by atoms with Gasteiger partial charge in [0.25, 0.3) is 0 Å². The van der Waals surface area contributed by atoms with Crippen molar-refractivity contribution < 1.29 is 9.53 Å². The molecule has 1 rings (SSSR count). The van der Waals surface area contributed by atoms with Crippen molar-refractivity contribution in [3.05, 3.63) is 0 Å². The summed E-state index contributed by atoms with van der Waals surface area (Å²) in [6.45, 7) is 2.11. The largest absolute Gasteiger partial charge is 0.381 e. The van der Waals surface area contributed by atoms with Crippen LogP contribution in [0.15, 0.2) is 0 Å². The second kappa shape index (κ2) is 5.29. The lowest BCUT2D eigenvalue weighted by atomic mass is 10.1. The fraction of sp³-hybridized carbons (Fsp3) is 0.889. The third-order valence-corrected chi connectivity index (χ3v) is 2.66.